The Hall–Kier alpha value is -0.290. The Labute approximate surface area is 63.7 Å². The fourth-order valence-corrected chi connectivity index (χ4v) is 1.70. The van der Waals surface area contributed by atoms with Crippen molar-refractivity contribution in [3.8, 4) is 5.88 Å². The van der Waals surface area contributed by atoms with Crippen LogP contribution in [0.25, 0.3) is 0 Å². The van der Waals surface area contributed by atoms with Crippen molar-refractivity contribution >= 4 is 27.3 Å². The van der Waals surface area contributed by atoms with Crippen molar-refractivity contribution in [2.75, 3.05) is 0 Å². The highest BCUT2D eigenvalue weighted by Gasteiger charge is 2.05. The highest BCUT2D eigenvalue weighted by atomic mass is 79.9. The van der Waals surface area contributed by atoms with Gasteiger partial charge in [0.15, 0.2) is 0 Å². The molecule has 3 nitrogen and oxygen atoms in total. The summed E-state index contributed by atoms with van der Waals surface area (Å²) in [6, 6.07) is 0. The van der Waals surface area contributed by atoms with Crippen molar-refractivity contribution in [3.63, 3.8) is 0 Å². The molecule has 1 aromatic rings. The van der Waals surface area contributed by atoms with Crippen molar-refractivity contribution in [2.45, 2.75) is 0 Å². The molecule has 1 N–H and O–H groups in total. The Bertz CT molecular complexity index is 277. The van der Waals surface area contributed by atoms with Crippen molar-refractivity contribution in [2.24, 2.45) is 7.05 Å². The summed E-state index contributed by atoms with van der Waals surface area (Å²) in [6.45, 7) is 0. The molecule has 0 radical (unpaired) electrons. The molecule has 0 amide bonds. The quantitative estimate of drug-likeness (QED) is 0.691. The molecule has 0 atom stereocenters. The lowest BCUT2D eigenvalue weighted by Crippen LogP contribution is -2.05. The Morgan fingerprint density at radius 3 is 2.44 bits per heavy atom. The third-order valence-electron chi connectivity index (χ3n) is 0.944. The first-order valence-electron chi connectivity index (χ1n) is 2.17. The van der Waals surface area contributed by atoms with Crippen LogP contribution in [-0.2, 0) is 7.05 Å². The van der Waals surface area contributed by atoms with Gasteiger partial charge in [0, 0.05) is 7.05 Å². The third kappa shape index (κ3) is 1.02. The summed E-state index contributed by atoms with van der Waals surface area (Å²) >= 11 is 3.98. The maximum absolute atomic E-state index is 10.7. The monoisotopic (exact) mass is 209 g/mol. The predicted octanol–water partition coefficient (Wildman–Crippen LogP) is 0.915. The summed E-state index contributed by atoms with van der Waals surface area (Å²) in [6.07, 6.45) is 0. The van der Waals surface area contributed by atoms with Crippen molar-refractivity contribution in [1.82, 2.24) is 4.57 Å². The van der Waals surface area contributed by atoms with Gasteiger partial charge in [0.05, 0.1) is 0 Å². The molecule has 0 spiro atoms. The number of rotatable bonds is 0. The van der Waals surface area contributed by atoms with Crippen LogP contribution in [0.4, 0.5) is 0 Å². The van der Waals surface area contributed by atoms with E-state index in [2.05, 4.69) is 15.9 Å². The SMILES string of the molecule is Cn1c(O)c(Br)sc1=O. The molecule has 9 heavy (non-hydrogen) atoms. The van der Waals surface area contributed by atoms with Crippen LogP contribution in [-0.4, -0.2) is 9.67 Å². The molecule has 0 saturated heterocycles. The van der Waals surface area contributed by atoms with Gasteiger partial charge in [-0.25, -0.2) is 0 Å². The van der Waals surface area contributed by atoms with Crippen LogP contribution in [0.15, 0.2) is 8.58 Å². The minimum Gasteiger partial charge on any atom is -0.493 e. The van der Waals surface area contributed by atoms with Crippen LogP contribution < -0.4 is 4.87 Å². The van der Waals surface area contributed by atoms with E-state index in [1.54, 1.807) is 0 Å². The molecule has 0 unspecified atom stereocenters. The zero-order chi connectivity index (χ0) is 7.02. The lowest BCUT2D eigenvalue weighted by atomic mass is 10.8. The number of nitrogens with zero attached hydrogens (tertiary/aromatic N) is 1. The van der Waals surface area contributed by atoms with Gasteiger partial charge in [-0.05, 0) is 15.9 Å². The largest absolute Gasteiger partial charge is 0.493 e. The van der Waals surface area contributed by atoms with Gasteiger partial charge >= 0.3 is 4.87 Å². The van der Waals surface area contributed by atoms with Gasteiger partial charge in [0.25, 0.3) is 0 Å². The Kier molecular flexibility index (Phi) is 1.63. The van der Waals surface area contributed by atoms with Gasteiger partial charge < -0.3 is 5.11 Å². The zero-order valence-electron chi connectivity index (χ0n) is 4.59. The van der Waals surface area contributed by atoms with E-state index < -0.39 is 0 Å². The Morgan fingerprint density at radius 2 is 2.33 bits per heavy atom. The average molecular weight is 210 g/mol. The second-order valence-electron chi connectivity index (χ2n) is 1.52. The number of aromatic nitrogens is 1. The first-order chi connectivity index (χ1) is 4.13. The van der Waals surface area contributed by atoms with E-state index in [4.69, 9.17) is 5.11 Å². The number of aromatic hydroxyl groups is 1. The van der Waals surface area contributed by atoms with E-state index in [0.29, 0.717) is 3.79 Å². The number of hydrogen-bond acceptors (Lipinski definition) is 3. The maximum Gasteiger partial charge on any atom is 0.310 e. The van der Waals surface area contributed by atoms with Crippen LogP contribution in [0.5, 0.6) is 5.88 Å². The molecule has 0 aliphatic rings. The molecule has 0 saturated carbocycles. The molecular weight excluding hydrogens is 206 g/mol. The molecular formula is C4H4BrNO2S. The van der Waals surface area contributed by atoms with Gasteiger partial charge in [-0.3, -0.25) is 9.36 Å². The van der Waals surface area contributed by atoms with Crippen LogP contribution in [0.3, 0.4) is 0 Å². The minimum atomic E-state index is -0.167. The van der Waals surface area contributed by atoms with E-state index in [1.165, 1.54) is 11.6 Å². The van der Waals surface area contributed by atoms with E-state index in [0.717, 1.165) is 11.3 Å². The predicted molar refractivity (Wildman–Crippen MR) is 38.9 cm³/mol. The summed E-state index contributed by atoms with van der Waals surface area (Å²) < 4.78 is 1.66. The molecule has 1 heterocycles. The van der Waals surface area contributed by atoms with Crippen molar-refractivity contribution in [1.29, 1.82) is 0 Å². The van der Waals surface area contributed by atoms with Crippen LogP contribution in [0.1, 0.15) is 0 Å². The lowest BCUT2D eigenvalue weighted by Gasteiger charge is -1.88. The molecule has 0 aliphatic carbocycles. The second-order valence-corrected chi connectivity index (χ2v) is 3.80. The van der Waals surface area contributed by atoms with E-state index in [1.807, 2.05) is 0 Å². The minimum absolute atomic E-state index is 0.00926. The van der Waals surface area contributed by atoms with Crippen molar-refractivity contribution in [3.05, 3.63) is 13.5 Å². The van der Waals surface area contributed by atoms with E-state index in [9.17, 15) is 4.79 Å². The summed E-state index contributed by atoms with van der Waals surface area (Å²) in [7, 11) is 1.51. The molecule has 0 fully saturated rings. The summed E-state index contributed by atoms with van der Waals surface area (Å²) in [5.41, 5.74) is 0. The van der Waals surface area contributed by atoms with E-state index >= 15 is 0 Å². The summed E-state index contributed by atoms with van der Waals surface area (Å²) in [5.74, 6) is -0.00926. The van der Waals surface area contributed by atoms with Crippen LogP contribution in [0.2, 0.25) is 0 Å². The van der Waals surface area contributed by atoms with Crippen LogP contribution >= 0.6 is 27.3 Å². The maximum atomic E-state index is 10.7. The van der Waals surface area contributed by atoms with Gasteiger partial charge in [0.2, 0.25) is 5.88 Å². The standard InChI is InChI=1S/C4H4BrNO2S/c1-6-3(7)2(5)9-4(6)8/h7H,1H3. The summed E-state index contributed by atoms with van der Waals surface area (Å²) in [5, 5.41) is 8.95. The Balaban J connectivity index is 3.47. The molecule has 1 aromatic heterocycles. The van der Waals surface area contributed by atoms with Gasteiger partial charge in [-0.2, -0.15) is 0 Å². The Morgan fingerprint density at radius 1 is 1.78 bits per heavy atom. The van der Waals surface area contributed by atoms with Crippen molar-refractivity contribution < 1.29 is 5.11 Å². The molecule has 5 heteroatoms. The van der Waals surface area contributed by atoms with Gasteiger partial charge in [-0.1, -0.05) is 11.3 Å². The first-order valence-corrected chi connectivity index (χ1v) is 3.78. The normalized spacial score (nSPS) is 10.0. The zero-order valence-corrected chi connectivity index (χ0v) is 6.99. The van der Waals surface area contributed by atoms with Crippen LogP contribution in [0, 0.1) is 0 Å². The average Bonchev–Trinajstić information content (AvgIpc) is 1.98. The highest BCUT2D eigenvalue weighted by molar-refractivity contribution is 9.11. The molecule has 0 bridgehead atoms. The molecule has 0 aromatic carbocycles. The van der Waals surface area contributed by atoms with E-state index in [-0.39, 0.29) is 10.8 Å². The molecule has 50 valence electrons. The second kappa shape index (κ2) is 2.15. The number of halogens is 1. The fraction of sp³-hybridized carbons (Fsp3) is 0.250. The molecule has 1 rings (SSSR count). The topological polar surface area (TPSA) is 42.2 Å². The highest BCUT2D eigenvalue weighted by Crippen LogP contribution is 2.24. The van der Waals surface area contributed by atoms with Gasteiger partial charge in [0.1, 0.15) is 3.79 Å². The number of thiazole rings is 1. The first kappa shape index (κ1) is 6.82. The van der Waals surface area contributed by atoms with Gasteiger partial charge in [-0.15, -0.1) is 0 Å². The lowest BCUT2D eigenvalue weighted by molar-refractivity contribution is 0.426. The summed E-state index contributed by atoms with van der Waals surface area (Å²) in [4.78, 5) is 10.5. The smallest absolute Gasteiger partial charge is 0.310 e. The fourth-order valence-electron chi connectivity index (χ4n) is 0.409. The number of hydrogen-bond donors (Lipinski definition) is 1. The third-order valence-corrected chi connectivity index (χ3v) is 2.59. The molecule has 0 aliphatic heterocycles.